The van der Waals surface area contributed by atoms with Crippen LogP contribution in [0.25, 0.3) is 0 Å². The Morgan fingerprint density at radius 3 is 2.43 bits per heavy atom. The molecule has 7 heteroatoms. The first-order valence-corrected chi connectivity index (χ1v) is 9.25. The fourth-order valence-corrected chi connectivity index (χ4v) is 4.02. The fourth-order valence-electron chi connectivity index (χ4n) is 1.77. The van der Waals surface area contributed by atoms with E-state index in [1.807, 2.05) is 19.1 Å². The highest BCUT2D eigenvalue weighted by Crippen LogP contribution is 2.28. The highest BCUT2D eigenvalue weighted by molar-refractivity contribution is 14.1. The lowest BCUT2D eigenvalue weighted by Gasteiger charge is -2.09. The van der Waals surface area contributed by atoms with Crippen LogP contribution >= 0.6 is 56.8 Å². The van der Waals surface area contributed by atoms with Crippen molar-refractivity contribution < 1.29 is 9.53 Å². The normalized spacial score (nSPS) is 10.8. The van der Waals surface area contributed by atoms with Crippen molar-refractivity contribution in [2.24, 2.45) is 5.10 Å². The molecule has 0 heterocycles. The summed E-state index contributed by atoms with van der Waals surface area (Å²) < 4.78 is 7.60. The topological polar surface area (TPSA) is 50.7 Å². The van der Waals surface area contributed by atoms with Gasteiger partial charge in [-0.2, -0.15) is 5.10 Å². The molecule has 0 unspecified atom stereocenters. The second-order valence-corrected chi connectivity index (χ2v) is 7.21. The number of halogens is 3. The average Bonchev–Trinajstić information content (AvgIpc) is 2.51. The number of nitrogens with zero attached hydrogens (tertiary/aromatic N) is 1. The van der Waals surface area contributed by atoms with Gasteiger partial charge in [0.15, 0.2) is 0 Å². The van der Waals surface area contributed by atoms with Gasteiger partial charge in [-0.1, -0.05) is 11.6 Å². The molecule has 1 amide bonds. The number of carbonyl (C=O) groups excluding carboxylic acids is 1. The number of amides is 1. The molecule has 0 atom stereocenters. The molecule has 0 radical (unpaired) electrons. The van der Waals surface area contributed by atoms with Crippen LogP contribution < -0.4 is 10.2 Å². The number of rotatable bonds is 5. The maximum Gasteiger partial charge on any atom is 0.271 e. The van der Waals surface area contributed by atoms with Gasteiger partial charge in [0.25, 0.3) is 5.91 Å². The highest BCUT2D eigenvalue weighted by atomic mass is 127. The molecule has 0 saturated carbocycles. The van der Waals surface area contributed by atoms with Crippen LogP contribution in [0.5, 0.6) is 5.75 Å². The predicted molar refractivity (Wildman–Crippen MR) is 110 cm³/mol. The third kappa shape index (κ3) is 5.32. The van der Waals surface area contributed by atoms with Crippen LogP contribution in [0.2, 0.25) is 5.02 Å². The predicted octanol–water partition coefficient (Wildman–Crippen LogP) is 4.71. The molecule has 0 aliphatic heterocycles. The first-order chi connectivity index (χ1) is 11.0. The molecule has 2 aromatic rings. The summed E-state index contributed by atoms with van der Waals surface area (Å²) in [4.78, 5) is 11.9. The molecular weight excluding hydrogens is 541 g/mol. The Kier molecular flexibility index (Phi) is 7.09. The van der Waals surface area contributed by atoms with Crippen molar-refractivity contribution in [2.75, 3.05) is 6.61 Å². The van der Waals surface area contributed by atoms with Crippen LogP contribution in [0.4, 0.5) is 0 Å². The summed E-state index contributed by atoms with van der Waals surface area (Å²) in [6.07, 6.45) is 1.61. The number of nitrogens with one attached hydrogen (secondary N) is 1. The number of hydrogen-bond acceptors (Lipinski definition) is 3. The largest absolute Gasteiger partial charge is 0.492 e. The van der Waals surface area contributed by atoms with Crippen molar-refractivity contribution in [1.29, 1.82) is 0 Å². The Balaban J connectivity index is 2.05. The van der Waals surface area contributed by atoms with Crippen molar-refractivity contribution in [2.45, 2.75) is 6.92 Å². The van der Waals surface area contributed by atoms with Crippen LogP contribution in [0.1, 0.15) is 22.8 Å². The summed E-state index contributed by atoms with van der Waals surface area (Å²) in [7, 11) is 0. The maximum absolute atomic E-state index is 11.9. The van der Waals surface area contributed by atoms with Crippen molar-refractivity contribution in [3.8, 4) is 5.75 Å². The number of hydrogen-bond donors (Lipinski definition) is 1. The van der Waals surface area contributed by atoms with Crippen molar-refractivity contribution in [1.82, 2.24) is 5.43 Å². The molecular formula is C16H13ClI2N2O2. The minimum Gasteiger partial charge on any atom is -0.492 e. The van der Waals surface area contributed by atoms with E-state index in [4.69, 9.17) is 16.3 Å². The Morgan fingerprint density at radius 2 is 1.87 bits per heavy atom. The van der Waals surface area contributed by atoms with E-state index < -0.39 is 0 Å². The zero-order chi connectivity index (χ0) is 16.8. The lowest BCUT2D eigenvalue weighted by atomic mass is 10.2. The highest BCUT2D eigenvalue weighted by Gasteiger charge is 2.08. The van der Waals surface area contributed by atoms with Gasteiger partial charge in [-0.3, -0.25) is 4.79 Å². The summed E-state index contributed by atoms with van der Waals surface area (Å²) in [6.45, 7) is 2.57. The zero-order valence-corrected chi connectivity index (χ0v) is 17.2. The first-order valence-electron chi connectivity index (χ1n) is 6.72. The summed E-state index contributed by atoms with van der Waals surface area (Å²) in [5, 5.41) is 4.58. The van der Waals surface area contributed by atoms with Crippen LogP contribution in [0, 0.1) is 7.14 Å². The lowest BCUT2D eigenvalue weighted by Crippen LogP contribution is -2.17. The van der Waals surface area contributed by atoms with Crippen LogP contribution in [0.3, 0.4) is 0 Å². The Morgan fingerprint density at radius 1 is 1.26 bits per heavy atom. The molecule has 2 aromatic carbocycles. The molecule has 0 spiro atoms. The van der Waals surface area contributed by atoms with Crippen LogP contribution in [0.15, 0.2) is 41.5 Å². The molecule has 0 aromatic heterocycles. The van der Waals surface area contributed by atoms with Crippen molar-refractivity contribution >= 4 is 68.9 Å². The van der Waals surface area contributed by atoms with E-state index >= 15 is 0 Å². The quantitative estimate of drug-likeness (QED) is 0.331. The Labute approximate surface area is 166 Å². The van der Waals surface area contributed by atoms with Gasteiger partial charge >= 0.3 is 0 Å². The minimum absolute atomic E-state index is 0.284. The van der Waals surface area contributed by atoms with E-state index in [-0.39, 0.29) is 5.91 Å². The Hall–Kier alpha value is -0.870. The first kappa shape index (κ1) is 18.5. The van der Waals surface area contributed by atoms with Gasteiger partial charge in [0.2, 0.25) is 0 Å². The fraction of sp³-hybridized carbons (Fsp3) is 0.125. The van der Waals surface area contributed by atoms with Gasteiger partial charge in [0.05, 0.1) is 20.0 Å². The molecule has 0 bridgehead atoms. The molecule has 120 valence electrons. The SMILES string of the molecule is CCOc1c(I)cc(/C=N\NC(=O)c2ccc(Cl)cc2)cc1I. The van der Waals surface area contributed by atoms with Crippen molar-refractivity contribution in [3.05, 3.63) is 59.7 Å². The van der Waals surface area contributed by atoms with E-state index in [1.165, 1.54) is 0 Å². The van der Waals surface area contributed by atoms with Gasteiger partial charge in [-0.05, 0) is 94.1 Å². The molecule has 0 fully saturated rings. The molecule has 2 rings (SSSR count). The second kappa shape index (κ2) is 8.84. The van der Waals surface area contributed by atoms with E-state index in [1.54, 1.807) is 30.5 Å². The van der Waals surface area contributed by atoms with Gasteiger partial charge in [0.1, 0.15) is 5.75 Å². The molecule has 0 aliphatic rings. The van der Waals surface area contributed by atoms with E-state index in [9.17, 15) is 4.79 Å². The van der Waals surface area contributed by atoms with Gasteiger partial charge in [-0.15, -0.1) is 0 Å². The van der Waals surface area contributed by atoms with E-state index in [2.05, 4.69) is 55.7 Å². The summed E-state index contributed by atoms with van der Waals surface area (Å²) >= 11 is 10.2. The summed E-state index contributed by atoms with van der Waals surface area (Å²) in [5.74, 6) is 0.587. The number of carbonyl (C=O) groups is 1. The summed E-state index contributed by atoms with van der Waals surface area (Å²) in [6, 6.07) is 10.5. The molecule has 0 saturated heterocycles. The average molecular weight is 555 g/mol. The van der Waals surface area contributed by atoms with E-state index in [0.29, 0.717) is 17.2 Å². The molecule has 23 heavy (non-hydrogen) atoms. The number of ether oxygens (including phenoxy) is 1. The zero-order valence-electron chi connectivity index (χ0n) is 12.1. The van der Waals surface area contributed by atoms with E-state index in [0.717, 1.165) is 18.5 Å². The minimum atomic E-state index is -0.284. The van der Waals surface area contributed by atoms with Crippen molar-refractivity contribution in [3.63, 3.8) is 0 Å². The number of hydrazone groups is 1. The number of benzene rings is 2. The third-order valence-electron chi connectivity index (χ3n) is 2.80. The van der Waals surface area contributed by atoms with Gasteiger partial charge in [0, 0.05) is 10.6 Å². The smallest absolute Gasteiger partial charge is 0.271 e. The standard InChI is InChI=1S/C16H13ClI2N2O2/c1-2-23-15-13(18)7-10(8-14(15)19)9-20-21-16(22)11-3-5-12(17)6-4-11/h3-9H,2H2,1H3,(H,21,22)/b20-9-. The molecule has 1 N–H and O–H groups in total. The third-order valence-corrected chi connectivity index (χ3v) is 4.65. The van der Waals surface area contributed by atoms with Crippen LogP contribution in [-0.2, 0) is 0 Å². The lowest BCUT2D eigenvalue weighted by molar-refractivity contribution is 0.0955. The molecule has 4 nitrogen and oxygen atoms in total. The van der Waals surface area contributed by atoms with Crippen LogP contribution in [-0.4, -0.2) is 18.7 Å². The van der Waals surface area contributed by atoms with Gasteiger partial charge in [-0.25, -0.2) is 5.43 Å². The monoisotopic (exact) mass is 554 g/mol. The second-order valence-electron chi connectivity index (χ2n) is 4.45. The Bertz CT molecular complexity index is 710. The van der Waals surface area contributed by atoms with Gasteiger partial charge < -0.3 is 4.74 Å². The maximum atomic E-state index is 11.9. The summed E-state index contributed by atoms with van der Waals surface area (Å²) in [5.41, 5.74) is 3.89. The molecule has 0 aliphatic carbocycles.